The highest BCUT2D eigenvalue weighted by Crippen LogP contribution is 2.36. The van der Waals surface area contributed by atoms with Crippen molar-refractivity contribution in [3.8, 4) is 0 Å². The molecule has 3 N–H and O–H groups in total. The highest BCUT2D eigenvalue weighted by atomic mass is 15.0. The van der Waals surface area contributed by atoms with Gasteiger partial charge in [-0.2, -0.15) is 0 Å². The van der Waals surface area contributed by atoms with Gasteiger partial charge in [0, 0.05) is 17.7 Å². The van der Waals surface area contributed by atoms with Crippen LogP contribution in [0.1, 0.15) is 74.6 Å². The molecule has 0 aromatic carbocycles. The number of H-pyrrole nitrogens is 1. The maximum atomic E-state index is 6.13. The predicted octanol–water partition coefficient (Wildman–Crippen LogP) is 3.04. The van der Waals surface area contributed by atoms with E-state index in [-0.39, 0.29) is 6.04 Å². The number of hydrogen-bond donors (Lipinski definition) is 2. The number of nitrogens with two attached hydrogens (primary N) is 1. The fourth-order valence-electron chi connectivity index (χ4n) is 3.30. The minimum absolute atomic E-state index is 0.172. The molecular weight excluding hydrogens is 210 g/mol. The van der Waals surface area contributed by atoms with Crippen LogP contribution in [-0.4, -0.2) is 9.97 Å². The lowest BCUT2D eigenvalue weighted by atomic mass is 9.83. The molecule has 0 bridgehead atoms. The van der Waals surface area contributed by atoms with Crippen LogP contribution in [0, 0.1) is 5.92 Å². The van der Waals surface area contributed by atoms with Gasteiger partial charge >= 0.3 is 0 Å². The van der Waals surface area contributed by atoms with Crippen LogP contribution in [0.4, 0.5) is 0 Å². The molecule has 0 aliphatic heterocycles. The molecule has 2 aliphatic carbocycles. The second-order valence-electron chi connectivity index (χ2n) is 5.94. The summed E-state index contributed by atoms with van der Waals surface area (Å²) < 4.78 is 0. The first-order chi connectivity index (χ1) is 8.24. The van der Waals surface area contributed by atoms with Crippen LogP contribution in [0.2, 0.25) is 0 Å². The molecule has 1 unspecified atom stereocenters. The molecule has 17 heavy (non-hydrogen) atoms. The summed E-state index contributed by atoms with van der Waals surface area (Å²) in [5.74, 6) is 2.78. The van der Waals surface area contributed by atoms with Crippen LogP contribution < -0.4 is 5.73 Å². The summed E-state index contributed by atoms with van der Waals surface area (Å²) in [6.45, 7) is 2.36. The fourth-order valence-corrected chi connectivity index (χ4v) is 3.30. The molecule has 2 aliphatic rings. The molecule has 1 aromatic rings. The van der Waals surface area contributed by atoms with Crippen LogP contribution in [-0.2, 0) is 6.42 Å². The number of fused-ring (bicyclic) bond motifs is 1. The third kappa shape index (κ3) is 2.13. The smallest absolute Gasteiger partial charge is 0.109 e. The molecule has 1 saturated carbocycles. The van der Waals surface area contributed by atoms with E-state index < -0.39 is 0 Å². The molecule has 1 aromatic heterocycles. The predicted molar refractivity (Wildman–Crippen MR) is 68.8 cm³/mol. The van der Waals surface area contributed by atoms with Crippen LogP contribution in [0.15, 0.2) is 0 Å². The summed E-state index contributed by atoms with van der Waals surface area (Å²) in [5.41, 5.74) is 8.60. The van der Waals surface area contributed by atoms with Gasteiger partial charge in [0.2, 0.25) is 0 Å². The Morgan fingerprint density at radius 3 is 2.65 bits per heavy atom. The van der Waals surface area contributed by atoms with E-state index in [4.69, 9.17) is 10.7 Å². The molecule has 0 radical (unpaired) electrons. The van der Waals surface area contributed by atoms with Gasteiger partial charge < -0.3 is 10.7 Å². The first-order valence-electron chi connectivity index (χ1n) is 7.08. The van der Waals surface area contributed by atoms with Gasteiger partial charge in [0.15, 0.2) is 0 Å². The number of nitrogens with zero attached hydrogens (tertiary/aromatic N) is 1. The van der Waals surface area contributed by atoms with Crippen molar-refractivity contribution in [3.63, 3.8) is 0 Å². The number of aryl methyl sites for hydroxylation is 1. The van der Waals surface area contributed by atoms with E-state index >= 15 is 0 Å². The lowest BCUT2D eigenvalue weighted by Crippen LogP contribution is -2.17. The second-order valence-corrected chi connectivity index (χ2v) is 5.94. The Bertz CT molecular complexity index is 388. The number of nitrogens with one attached hydrogen (secondary N) is 1. The number of hydrogen-bond acceptors (Lipinski definition) is 2. The number of imidazole rings is 1. The highest BCUT2D eigenvalue weighted by Gasteiger charge is 2.26. The summed E-state index contributed by atoms with van der Waals surface area (Å²) in [5, 5.41) is 0. The Labute approximate surface area is 103 Å². The monoisotopic (exact) mass is 233 g/mol. The minimum atomic E-state index is 0.172. The first kappa shape index (κ1) is 11.3. The van der Waals surface area contributed by atoms with Crippen LogP contribution in [0.5, 0.6) is 0 Å². The van der Waals surface area contributed by atoms with Crippen LogP contribution >= 0.6 is 0 Å². The van der Waals surface area contributed by atoms with Crippen molar-refractivity contribution in [3.05, 3.63) is 17.2 Å². The van der Waals surface area contributed by atoms with E-state index in [1.165, 1.54) is 43.6 Å². The lowest BCUT2D eigenvalue weighted by molar-refractivity contribution is 0.340. The topological polar surface area (TPSA) is 54.7 Å². The Balaban J connectivity index is 1.80. The molecule has 3 nitrogen and oxygen atoms in total. The van der Waals surface area contributed by atoms with E-state index in [1.54, 1.807) is 0 Å². The van der Waals surface area contributed by atoms with E-state index in [2.05, 4.69) is 11.9 Å². The van der Waals surface area contributed by atoms with Crippen LogP contribution in [0.25, 0.3) is 0 Å². The quantitative estimate of drug-likeness (QED) is 0.783. The van der Waals surface area contributed by atoms with Gasteiger partial charge in [-0.3, -0.25) is 0 Å². The molecule has 3 heteroatoms. The number of rotatable bonds is 1. The Kier molecular flexibility index (Phi) is 2.95. The largest absolute Gasteiger partial charge is 0.345 e. The second kappa shape index (κ2) is 4.45. The van der Waals surface area contributed by atoms with Gasteiger partial charge in [0.25, 0.3) is 0 Å². The third-order valence-electron chi connectivity index (χ3n) is 4.52. The highest BCUT2D eigenvalue weighted by molar-refractivity contribution is 5.22. The van der Waals surface area contributed by atoms with Gasteiger partial charge in [-0.1, -0.05) is 19.8 Å². The maximum Gasteiger partial charge on any atom is 0.109 e. The minimum Gasteiger partial charge on any atom is -0.345 e. The average molecular weight is 233 g/mol. The Hall–Kier alpha value is -0.830. The van der Waals surface area contributed by atoms with Gasteiger partial charge in [-0.25, -0.2) is 4.98 Å². The molecule has 0 saturated heterocycles. The SMILES string of the molecule is CC1CCC(c2nc3c([nH]2)CCCC3N)CC1. The molecule has 1 heterocycles. The zero-order valence-electron chi connectivity index (χ0n) is 10.7. The standard InChI is InChI=1S/C14H23N3/c1-9-5-7-10(8-6-9)14-16-12-4-2-3-11(15)13(12)17-14/h9-11H,2-8,15H2,1H3,(H,16,17). The van der Waals surface area contributed by atoms with Crippen molar-refractivity contribution in [2.75, 3.05) is 0 Å². The average Bonchev–Trinajstić information content (AvgIpc) is 2.75. The van der Waals surface area contributed by atoms with E-state index in [9.17, 15) is 0 Å². The lowest BCUT2D eigenvalue weighted by Gasteiger charge is -2.24. The van der Waals surface area contributed by atoms with Crippen molar-refractivity contribution in [2.45, 2.75) is 63.8 Å². The van der Waals surface area contributed by atoms with Crippen molar-refractivity contribution < 1.29 is 0 Å². The van der Waals surface area contributed by atoms with Crippen molar-refractivity contribution in [1.29, 1.82) is 0 Å². The summed E-state index contributed by atoms with van der Waals surface area (Å²) in [7, 11) is 0. The molecular formula is C14H23N3. The molecule has 1 fully saturated rings. The first-order valence-corrected chi connectivity index (χ1v) is 7.08. The fraction of sp³-hybridized carbons (Fsp3) is 0.786. The van der Waals surface area contributed by atoms with E-state index in [0.29, 0.717) is 5.92 Å². The van der Waals surface area contributed by atoms with Gasteiger partial charge in [-0.15, -0.1) is 0 Å². The number of aromatic amines is 1. The van der Waals surface area contributed by atoms with Crippen molar-refractivity contribution >= 4 is 0 Å². The molecule has 0 spiro atoms. The van der Waals surface area contributed by atoms with Gasteiger partial charge in [0.05, 0.1) is 5.69 Å². The zero-order chi connectivity index (χ0) is 11.8. The molecule has 0 amide bonds. The van der Waals surface area contributed by atoms with E-state index in [1.807, 2.05) is 0 Å². The third-order valence-corrected chi connectivity index (χ3v) is 4.52. The van der Waals surface area contributed by atoms with E-state index in [0.717, 1.165) is 24.5 Å². The van der Waals surface area contributed by atoms with Gasteiger partial charge in [-0.05, 0) is 38.0 Å². The Morgan fingerprint density at radius 1 is 1.18 bits per heavy atom. The summed E-state index contributed by atoms with van der Waals surface area (Å²) >= 11 is 0. The van der Waals surface area contributed by atoms with Gasteiger partial charge in [0.1, 0.15) is 5.82 Å². The molecule has 1 atom stereocenters. The maximum absolute atomic E-state index is 6.13. The summed E-state index contributed by atoms with van der Waals surface area (Å²) in [4.78, 5) is 8.36. The summed E-state index contributed by atoms with van der Waals surface area (Å²) in [6, 6.07) is 0.172. The number of aromatic nitrogens is 2. The normalized spacial score (nSPS) is 33.4. The van der Waals surface area contributed by atoms with Crippen LogP contribution in [0.3, 0.4) is 0 Å². The molecule has 3 rings (SSSR count). The van der Waals surface area contributed by atoms with Crippen molar-refractivity contribution in [2.24, 2.45) is 11.7 Å². The zero-order valence-corrected chi connectivity index (χ0v) is 10.7. The Morgan fingerprint density at radius 2 is 1.94 bits per heavy atom. The molecule has 94 valence electrons. The van der Waals surface area contributed by atoms with Crippen molar-refractivity contribution in [1.82, 2.24) is 9.97 Å². The summed E-state index contributed by atoms with van der Waals surface area (Å²) in [6.07, 6.45) is 8.73.